The monoisotopic (exact) mass is 1490 g/mol. The quantitative estimate of drug-likeness (QED) is 0.0260. The van der Waals surface area contributed by atoms with E-state index in [0.29, 0.717) is 0 Å². The van der Waals surface area contributed by atoms with Crippen molar-refractivity contribution in [3.63, 3.8) is 0 Å². The molecule has 4 aromatic heterocycles. The van der Waals surface area contributed by atoms with E-state index in [0.717, 1.165) is 34.4 Å². The zero-order valence-corrected chi connectivity index (χ0v) is 50.8. The van der Waals surface area contributed by atoms with Crippen molar-refractivity contribution in [2.45, 2.75) is 49.1 Å². The van der Waals surface area contributed by atoms with Crippen molar-refractivity contribution in [2.75, 3.05) is 24.7 Å². The van der Waals surface area contributed by atoms with Gasteiger partial charge in [0.2, 0.25) is 0 Å². The zero-order chi connectivity index (χ0) is 65.6. The Labute approximate surface area is 470 Å². The maximum Gasteiger partial charge on any atom is 0.490 e. The normalized spacial score (nSPS) is 27.3. The molecule has 0 amide bonds. The highest BCUT2D eigenvalue weighted by Gasteiger charge is 2.55. The van der Waals surface area contributed by atoms with Gasteiger partial charge in [0.1, 0.15) is 60.3 Å². The lowest BCUT2D eigenvalue weighted by atomic mass is 10.1. The van der Waals surface area contributed by atoms with Gasteiger partial charge in [-0.3, -0.25) is 27.2 Å². The van der Waals surface area contributed by atoms with Gasteiger partial charge in [-0.05, 0) is 0 Å². The number of anilines is 2. The Morgan fingerprint density at radius 1 is 0.395 bits per heavy atom. The summed E-state index contributed by atoms with van der Waals surface area (Å²) in [6.07, 6.45) is -13.0. The van der Waals surface area contributed by atoms with Gasteiger partial charge in [0.25, 0.3) is 0 Å². The molecule has 16 atom stereocenters. The molecule has 2 fully saturated rings. The summed E-state index contributed by atoms with van der Waals surface area (Å²) >= 11 is 0. The van der Waals surface area contributed by atoms with Gasteiger partial charge in [-0.15, -0.1) is 0 Å². The summed E-state index contributed by atoms with van der Waals surface area (Å²) < 4.78 is 198. The van der Waals surface area contributed by atoms with Crippen LogP contribution in [0, 0.1) is 0 Å². The van der Waals surface area contributed by atoms with Crippen molar-refractivity contribution < 1.29 is 205 Å². The minimum absolute atomic E-state index is 0.0561. The lowest BCUT2D eigenvalue weighted by Crippen LogP contribution is -2.36. The second kappa shape index (κ2) is 27.0. The summed E-state index contributed by atoms with van der Waals surface area (Å²) in [6, 6.07) is 0. The molecule has 86 heavy (non-hydrogen) atoms. The zero-order valence-electron chi connectivity index (χ0n) is 40.1. The molecule has 0 aromatic carbocycles. The number of phosphoric ester groups is 4. The topological polar surface area (TPSA) is 837 Å². The predicted octanol–water partition coefficient (Wildman–Crippen LogP) is -2.56. The first kappa shape index (κ1) is 74.9. The molecule has 2 aliphatic heterocycles. The van der Waals surface area contributed by atoms with Crippen molar-refractivity contribution >= 4 is 128 Å². The molecule has 0 bridgehead atoms. The van der Waals surface area contributed by atoms with E-state index in [1.807, 2.05) is 0 Å². The third-order valence-corrected chi connectivity index (χ3v) is 24.2. The second-order valence-corrected chi connectivity index (χ2v) is 33.0. The summed E-state index contributed by atoms with van der Waals surface area (Å²) in [6.45, 7) is -2.75. The highest BCUT2D eigenvalue weighted by atomic mass is 31.3. The standard InChI is InChI=1S/2C10H19N5O22P6/c11-8-5-9(13-2-12-8)15(3-14-5)10-6(16)7(33-41(25,26)37-43(29,30)35-39(20,21)22)4(32-10)1-31-40(23,24)36-42(27,28)34-38(17,18)19;11-8-5-9(13-2-12-8)15(3-14-5)10-7(33-41(25,26)37-43(29,30)35-39(20,21)22)6(16)4(32-10)1-31-40(23,24)36-42(27,28)34-38(17,18)19/h2*2-4,6-7,10,16H,1H2,(H,23,24)(H,25,26)(H,27,28)(H,29,30)(H2,11,12,13)(H2,17,18,19)(H2,20,21,22). The van der Waals surface area contributed by atoms with Crippen LogP contribution in [0.1, 0.15) is 12.5 Å². The van der Waals surface area contributed by atoms with Crippen molar-refractivity contribution in [1.29, 1.82) is 0 Å². The summed E-state index contributed by atoms with van der Waals surface area (Å²) in [5.74, 6) is -0.360. The van der Waals surface area contributed by atoms with Crippen molar-refractivity contribution in [3.8, 4) is 0 Å². The van der Waals surface area contributed by atoms with Gasteiger partial charge < -0.3 is 109 Å². The molecule has 0 spiro atoms. The largest absolute Gasteiger partial charge is 0.490 e. The SMILES string of the molecule is Nc1ncnc2c1ncn2C1OC(COP(=O)(O)OP(=O)(O)OP(=O)(O)O)C(O)C1OP(=O)(O)OP(=O)(O)OP(=O)(O)O.Nc1ncnc2c1ncn2C1OC(COP(=O)(O)OP(=O)(O)OP(=O)(O)O)C(OP(=O)(O)OP(=O)(O)OP(=O)(O)O)C1O. The van der Waals surface area contributed by atoms with E-state index >= 15 is 0 Å². The minimum Gasteiger partial charge on any atom is -0.387 e. The molecule has 6 rings (SSSR count). The van der Waals surface area contributed by atoms with Crippen LogP contribution in [0.15, 0.2) is 25.3 Å². The lowest BCUT2D eigenvalue weighted by Gasteiger charge is -2.24. The van der Waals surface area contributed by atoms with Crippen molar-refractivity contribution in [1.82, 2.24) is 39.0 Å². The number of aliphatic hydroxyl groups is 2. The Balaban J connectivity index is 0.000000314. The van der Waals surface area contributed by atoms with Crippen molar-refractivity contribution in [2.24, 2.45) is 0 Å². The van der Waals surface area contributed by atoms with Crippen LogP contribution in [0.2, 0.25) is 0 Å². The maximum atomic E-state index is 12.5. The average Bonchev–Trinajstić information content (AvgIpc) is 1.68. The molecule has 2 saturated heterocycles. The molecule has 66 heteroatoms. The molecule has 16 unspecified atom stereocenters. The number of nitrogens with zero attached hydrogens (tertiary/aromatic N) is 8. The van der Waals surface area contributed by atoms with Crippen LogP contribution in [0.3, 0.4) is 0 Å². The summed E-state index contributed by atoms with van der Waals surface area (Å²) in [5, 5.41) is 21.6. The van der Waals surface area contributed by atoms with Gasteiger partial charge >= 0.3 is 93.9 Å². The van der Waals surface area contributed by atoms with Crippen LogP contribution < -0.4 is 11.5 Å². The van der Waals surface area contributed by atoms with E-state index in [-0.39, 0.29) is 34.0 Å². The highest BCUT2D eigenvalue weighted by molar-refractivity contribution is 7.68. The fraction of sp³-hybridized carbons (Fsp3) is 0.500. The lowest BCUT2D eigenvalue weighted by molar-refractivity contribution is -0.0501. The maximum absolute atomic E-state index is 12.5. The molecule has 22 N–H and O–H groups in total. The minimum atomic E-state index is -6.06. The Morgan fingerprint density at radius 3 is 1.07 bits per heavy atom. The number of nitrogens with two attached hydrogens (primary N) is 2. The van der Waals surface area contributed by atoms with Gasteiger partial charge in [-0.2, -0.15) is 34.5 Å². The number of phosphoric acid groups is 12. The van der Waals surface area contributed by atoms with Crippen LogP contribution in [0.4, 0.5) is 11.6 Å². The Kier molecular flexibility index (Phi) is 23.5. The highest BCUT2D eigenvalue weighted by Crippen LogP contribution is 2.70. The number of rotatable bonds is 28. The van der Waals surface area contributed by atoms with Gasteiger partial charge in [0, 0.05) is 0 Å². The smallest absolute Gasteiger partial charge is 0.387 e. The number of aliphatic hydroxyl groups excluding tert-OH is 2. The molecule has 54 nitrogen and oxygen atoms in total. The fourth-order valence-corrected chi connectivity index (χ4v) is 18.9. The van der Waals surface area contributed by atoms with Crippen LogP contribution in [-0.4, -0.2) is 177 Å². The summed E-state index contributed by atoms with van der Waals surface area (Å²) in [7, 11) is -70.6. The second-order valence-electron chi connectivity index (χ2n) is 15.4. The van der Waals surface area contributed by atoms with E-state index < -0.39 is 156 Å². The molecule has 492 valence electrons. The average molecular weight is 1490 g/mol. The first-order chi connectivity index (χ1) is 38.6. The third-order valence-electron chi connectivity index (χ3n) is 8.92. The first-order valence-electron chi connectivity index (χ1n) is 20.3. The number of nitrogen functional groups attached to an aromatic ring is 2. The van der Waals surface area contributed by atoms with Crippen LogP contribution in [0.25, 0.3) is 22.3 Å². The number of hydrogen-bond acceptors (Lipinski definition) is 36. The van der Waals surface area contributed by atoms with Crippen molar-refractivity contribution in [3.05, 3.63) is 25.3 Å². The number of fused-ring (bicyclic) bond motifs is 2. The van der Waals surface area contributed by atoms with Crippen LogP contribution in [0.5, 0.6) is 0 Å². The van der Waals surface area contributed by atoms with Crippen LogP contribution in [-0.2, 0) is 117 Å². The Morgan fingerprint density at radius 2 is 0.709 bits per heavy atom. The number of ether oxygens (including phenoxy) is 2. The first-order valence-corrected chi connectivity index (χ1v) is 38.4. The molecular weight excluding hydrogens is 1460 g/mol. The Hall–Kier alpha value is -1.82. The third kappa shape index (κ3) is 22.8. The number of imidazole rings is 2. The molecule has 4 aromatic rings. The van der Waals surface area contributed by atoms with Gasteiger partial charge in [0.05, 0.1) is 25.9 Å². The Bertz CT molecular complexity index is 3750. The van der Waals surface area contributed by atoms with E-state index in [1.54, 1.807) is 0 Å². The van der Waals surface area contributed by atoms with E-state index in [9.17, 15) is 104 Å². The molecule has 0 saturated carbocycles. The van der Waals surface area contributed by atoms with Crippen LogP contribution >= 0.6 is 93.9 Å². The molecule has 0 aliphatic carbocycles. The fourth-order valence-electron chi connectivity index (χ4n) is 6.37. The van der Waals surface area contributed by atoms with E-state index in [4.69, 9.17) is 64.6 Å². The predicted molar refractivity (Wildman–Crippen MR) is 256 cm³/mol. The summed E-state index contributed by atoms with van der Waals surface area (Å²) in [5.41, 5.74) is 10.9. The number of aromatic nitrogens is 8. The molecular formula is C20H38N10O44P12. The van der Waals surface area contributed by atoms with E-state index in [2.05, 4.69) is 78.0 Å². The molecule has 6 heterocycles. The van der Waals surface area contributed by atoms with Gasteiger partial charge in [0.15, 0.2) is 35.4 Å². The number of hydrogen-bond donors (Lipinski definition) is 20. The van der Waals surface area contributed by atoms with Gasteiger partial charge in [-0.1, -0.05) is 0 Å². The molecule has 0 radical (unpaired) electrons. The van der Waals surface area contributed by atoms with Gasteiger partial charge in [-0.25, -0.2) is 84.7 Å². The molecule has 2 aliphatic rings. The van der Waals surface area contributed by atoms with E-state index in [1.165, 1.54) is 0 Å². The summed E-state index contributed by atoms with van der Waals surface area (Å²) in [4.78, 5) is 169.